The summed E-state index contributed by atoms with van der Waals surface area (Å²) in [4.78, 5) is 3.92. The molecule has 0 atom stereocenters. The number of aryl methyl sites for hydroxylation is 1. The summed E-state index contributed by atoms with van der Waals surface area (Å²) in [6.45, 7) is 6.79. The van der Waals surface area contributed by atoms with Crippen LogP contribution in [0.25, 0.3) is 16.3 Å². The molecule has 0 spiro atoms. The smallest absolute Gasteiger partial charge is 0.262 e. The standard InChI is InChI=1S/C33H45N2S2.HI/c1-3-5-7-9-11-17-26-34-28-20-13-15-22-30(28)36-32(34)24-19-25-33-35(27-18-12-10-8-6-4-2)29-21-14-16-23-31(29)37-33;/h13-16,19-25H,3-12,17-18,26-27H2,1-2H3;1H/q+1;/p-1. The number of hydrogen-bond donors (Lipinski definition) is 0. The summed E-state index contributed by atoms with van der Waals surface area (Å²) in [6, 6.07) is 17.8. The van der Waals surface area contributed by atoms with Gasteiger partial charge in [0.1, 0.15) is 4.70 Å². The molecule has 1 aliphatic rings. The number of hydrogen-bond acceptors (Lipinski definition) is 3. The molecule has 1 aliphatic heterocycles. The molecule has 5 heteroatoms. The summed E-state index contributed by atoms with van der Waals surface area (Å²) in [5.41, 5.74) is 2.75. The van der Waals surface area contributed by atoms with Gasteiger partial charge in [0.2, 0.25) is 5.52 Å². The van der Waals surface area contributed by atoms with Gasteiger partial charge in [0.25, 0.3) is 5.01 Å². The normalized spacial score (nSPS) is 14.1. The maximum Gasteiger partial charge on any atom is 0.262 e. The molecule has 0 N–H and O–H groups in total. The van der Waals surface area contributed by atoms with Crippen molar-refractivity contribution in [3.63, 3.8) is 0 Å². The minimum atomic E-state index is 0. The molecule has 0 unspecified atom stereocenters. The second-order valence-corrected chi connectivity index (χ2v) is 12.3. The highest BCUT2D eigenvalue weighted by atomic mass is 127. The number of aromatic nitrogens is 1. The maximum atomic E-state index is 2.54. The summed E-state index contributed by atoms with van der Waals surface area (Å²) in [5, 5.41) is 2.71. The zero-order valence-electron chi connectivity index (χ0n) is 23.3. The van der Waals surface area contributed by atoms with Crippen molar-refractivity contribution in [3.05, 3.63) is 70.7 Å². The number of anilines is 1. The van der Waals surface area contributed by atoms with Crippen molar-refractivity contribution in [2.24, 2.45) is 0 Å². The van der Waals surface area contributed by atoms with Crippen LogP contribution in [0, 0.1) is 0 Å². The number of thioether (sulfide) groups is 1. The fourth-order valence-corrected chi connectivity index (χ4v) is 7.33. The summed E-state index contributed by atoms with van der Waals surface area (Å²) < 4.78 is 3.92. The largest absolute Gasteiger partial charge is 1.00 e. The number of para-hydroxylation sites is 2. The van der Waals surface area contributed by atoms with E-state index >= 15 is 0 Å². The molecule has 0 saturated carbocycles. The lowest BCUT2D eigenvalue weighted by atomic mass is 10.1. The van der Waals surface area contributed by atoms with Crippen LogP contribution in [-0.2, 0) is 6.54 Å². The lowest BCUT2D eigenvalue weighted by molar-refractivity contribution is -0.669. The molecule has 2 heterocycles. The van der Waals surface area contributed by atoms with E-state index in [1.807, 2.05) is 23.1 Å². The van der Waals surface area contributed by atoms with Gasteiger partial charge in [-0.3, -0.25) is 0 Å². The molecule has 3 aromatic rings. The summed E-state index contributed by atoms with van der Waals surface area (Å²) in [7, 11) is 0. The van der Waals surface area contributed by atoms with Crippen LogP contribution in [0.2, 0.25) is 0 Å². The fraction of sp³-hybridized carbons (Fsp3) is 0.485. The quantitative estimate of drug-likeness (QED) is 0.0900. The number of thiazole rings is 1. The van der Waals surface area contributed by atoms with Crippen LogP contribution in [0.4, 0.5) is 5.69 Å². The first-order valence-corrected chi connectivity index (χ1v) is 16.3. The molecule has 0 amide bonds. The van der Waals surface area contributed by atoms with Crippen molar-refractivity contribution in [2.75, 3.05) is 11.4 Å². The third kappa shape index (κ3) is 8.85. The maximum absolute atomic E-state index is 2.54. The monoisotopic (exact) mass is 660 g/mol. The van der Waals surface area contributed by atoms with Crippen molar-refractivity contribution < 1.29 is 28.5 Å². The lowest BCUT2D eigenvalue weighted by Gasteiger charge is -2.20. The van der Waals surface area contributed by atoms with E-state index in [0.29, 0.717) is 0 Å². The molecule has 2 aromatic carbocycles. The first kappa shape index (κ1) is 31.2. The Morgan fingerprint density at radius 2 is 1.42 bits per heavy atom. The number of unbranched alkanes of at least 4 members (excludes halogenated alkanes) is 10. The number of halogens is 1. The summed E-state index contributed by atoms with van der Waals surface area (Å²) in [5.74, 6) is 0. The number of nitrogens with zero attached hydrogens (tertiary/aromatic N) is 2. The average Bonchev–Trinajstić information content (AvgIpc) is 3.45. The van der Waals surface area contributed by atoms with Gasteiger partial charge in [-0.05, 0) is 37.1 Å². The van der Waals surface area contributed by atoms with Gasteiger partial charge in [-0.2, -0.15) is 4.57 Å². The third-order valence-corrected chi connectivity index (χ3v) is 9.48. The van der Waals surface area contributed by atoms with Crippen LogP contribution in [0.3, 0.4) is 0 Å². The number of allylic oxidation sites excluding steroid dienone is 2. The van der Waals surface area contributed by atoms with E-state index in [0.717, 1.165) is 13.1 Å². The summed E-state index contributed by atoms with van der Waals surface area (Å²) >= 11 is 3.83. The molecule has 2 nitrogen and oxygen atoms in total. The SMILES string of the molecule is CCCCCCCCN1/C(=C\C=C\c2sc3ccccc3[n+]2CCCCCCCC)Sc2ccccc21.[I-]. The van der Waals surface area contributed by atoms with Crippen LogP contribution >= 0.6 is 23.1 Å². The van der Waals surface area contributed by atoms with Crippen LogP contribution < -0.4 is 33.4 Å². The Labute approximate surface area is 256 Å². The molecular weight excluding hydrogens is 615 g/mol. The number of benzene rings is 2. The molecular formula is C33H45IN2S2. The van der Waals surface area contributed by atoms with Gasteiger partial charge in [0.05, 0.1) is 10.7 Å². The van der Waals surface area contributed by atoms with Gasteiger partial charge in [-0.15, -0.1) is 0 Å². The van der Waals surface area contributed by atoms with E-state index in [1.165, 1.54) is 108 Å². The molecule has 1 aromatic heterocycles. The van der Waals surface area contributed by atoms with E-state index < -0.39 is 0 Å². The minimum Gasteiger partial charge on any atom is -1.00 e. The fourth-order valence-electron chi connectivity index (χ4n) is 5.13. The van der Waals surface area contributed by atoms with Crippen molar-refractivity contribution in [1.29, 1.82) is 0 Å². The molecule has 0 radical (unpaired) electrons. The number of rotatable bonds is 16. The van der Waals surface area contributed by atoms with Crippen molar-refractivity contribution in [1.82, 2.24) is 0 Å². The predicted octanol–water partition coefficient (Wildman–Crippen LogP) is 7.38. The van der Waals surface area contributed by atoms with E-state index in [1.54, 1.807) is 0 Å². The third-order valence-electron chi connectivity index (χ3n) is 7.22. The van der Waals surface area contributed by atoms with Crippen LogP contribution in [0.1, 0.15) is 95.9 Å². The molecule has 0 saturated heterocycles. The zero-order valence-corrected chi connectivity index (χ0v) is 27.1. The molecule has 0 aliphatic carbocycles. The van der Waals surface area contributed by atoms with E-state index in [9.17, 15) is 0 Å². The summed E-state index contributed by atoms with van der Waals surface area (Å²) in [6.07, 6.45) is 23.0. The van der Waals surface area contributed by atoms with Gasteiger partial charge in [0.15, 0.2) is 6.54 Å². The molecule has 38 heavy (non-hydrogen) atoms. The first-order chi connectivity index (χ1) is 18.3. The van der Waals surface area contributed by atoms with Crippen LogP contribution in [0.15, 0.2) is 70.6 Å². The minimum absolute atomic E-state index is 0. The van der Waals surface area contributed by atoms with Gasteiger partial charge in [0, 0.05) is 30.0 Å². The van der Waals surface area contributed by atoms with E-state index in [4.69, 9.17) is 0 Å². The Hall–Kier alpha value is -1.31. The Balaban J connectivity index is 0.00000400. The van der Waals surface area contributed by atoms with Crippen molar-refractivity contribution in [2.45, 2.75) is 102 Å². The van der Waals surface area contributed by atoms with Crippen molar-refractivity contribution in [3.8, 4) is 0 Å². The van der Waals surface area contributed by atoms with Crippen molar-refractivity contribution >= 4 is 45.1 Å². The predicted molar refractivity (Wildman–Crippen MR) is 166 cm³/mol. The highest BCUT2D eigenvalue weighted by Gasteiger charge is 2.24. The highest BCUT2D eigenvalue weighted by Crippen LogP contribution is 2.45. The van der Waals surface area contributed by atoms with Gasteiger partial charge in [-0.25, -0.2) is 0 Å². The highest BCUT2D eigenvalue weighted by molar-refractivity contribution is 8.03. The molecule has 0 fully saturated rings. The Morgan fingerprint density at radius 1 is 0.763 bits per heavy atom. The van der Waals surface area contributed by atoms with Gasteiger partial charge < -0.3 is 28.9 Å². The van der Waals surface area contributed by atoms with E-state index in [2.05, 4.69) is 90.1 Å². The Bertz CT molecular complexity index is 1170. The molecule has 0 bridgehead atoms. The molecule has 4 rings (SSSR count). The first-order valence-electron chi connectivity index (χ1n) is 14.7. The number of fused-ring (bicyclic) bond motifs is 2. The topological polar surface area (TPSA) is 7.12 Å². The van der Waals surface area contributed by atoms with E-state index in [-0.39, 0.29) is 24.0 Å². The second-order valence-electron chi connectivity index (χ2n) is 10.2. The molecule has 206 valence electrons. The van der Waals surface area contributed by atoms with Crippen LogP contribution in [0.5, 0.6) is 0 Å². The Morgan fingerprint density at radius 3 is 2.21 bits per heavy atom. The van der Waals surface area contributed by atoms with Gasteiger partial charge >= 0.3 is 0 Å². The van der Waals surface area contributed by atoms with Crippen LogP contribution in [-0.4, -0.2) is 6.54 Å². The van der Waals surface area contributed by atoms with Gasteiger partial charge in [-0.1, -0.05) is 125 Å². The lowest BCUT2D eigenvalue weighted by Crippen LogP contribution is -3.00. The Kier molecular flexibility index (Phi) is 14.3. The zero-order chi connectivity index (χ0) is 25.7. The second kappa shape index (κ2) is 17.4. The average molecular weight is 661 g/mol.